The SMILES string of the molecule is COC(=O)c1ccccc1-n1c(C)cc(/C=C(/C#N)c2nc3ccc(C)cc3[nH]2)c1C. The number of nitrogens with one attached hydrogen (secondary N) is 1. The number of allylic oxidation sites excluding steroid dienone is 1. The molecule has 0 bridgehead atoms. The van der Waals surface area contributed by atoms with Gasteiger partial charge in [0, 0.05) is 11.4 Å². The summed E-state index contributed by atoms with van der Waals surface area (Å²) in [5, 5.41) is 9.81. The number of rotatable bonds is 4. The van der Waals surface area contributed by atoms with Crippen molar-refractivity contribution in [2.75, 3.05) is 7.11 Å². The standard InChI is InChI=1S/C25H22N4O2/c1-15-9-10-21-22(11-15)28-24(27-21)19(14-26)13-18-12-16(2)29(17(18)3)23-8-6-5-7-20(23)25(30)31-4/h5-13H,1-4H3,(H,27,28)/b19-13-. The van der Waals surface area contributed by atoms with Crippen LogP contribution in [-0.4, -0.2) is 27.6 Å². The van der Waals surface area contributed by atoms with Crippen LogP contribution < -0.4 is 0 Å². The molecule has 0 fully saturated rings. The van der Waals surface area contributed by atoms with Crippen molar-refractivity contribution in [3.05, 3.63) is 82.4 Å². The number of hydrogen-bond donors (Lipinski definition) is 1. The third-order valence-corrected chi connectivity index (χ3v) is 5.33. The van der Waals surface area contributed by atoms with Crippen molar-refractivity contribution in [1.82, 2.24) is 14.5 Å². The normalized spacial score (nSPS) is 11.5. The van der Waals surface area contributed by atoms with E-state index < -0.39 is 5.97 Å². The van der Waals surface area contributed by atoms with E-state index in [0.29, 0.717) is 17.0 Å². The van der Waals surface area contributed by atoms with E-state index >= 15 is 0 Å². The summed E-state index contributed by atoms with van der Waals surface area (Å²) in [6.07, 6.45) is 1.82. The quantitative estimate of drug-likeness (QED) is 0.373. The lowest BCUT2D eigenvalue weighted by Gasteiger charge is -2.13. The minimum Gasteiger partial charge on any atom is -0.465 e. The van der Waals surface area contributed by atoms with Crippen molar-refractivity contribution in [2.45, 2.75) is 20.8 Å². The fourth-order valence-corrected chi connectivity index (χ4v) is 3.82. The molecule has 0 saturated carbocycles. The molecule has 31 heavy (non-hydrogen) atoms. The first-order valence-electron chi connectivity index (χ1n) is 9.88. The molecule has 0 amide bonds. The molecule has 2 aromatic carbocycles. The highest BCUT2D eigenvalue weighted by molar-refractivity contribution is 5.94. The van der Waals surface area contributed by atoms with Crippen LogP contribution in [0, 0.1) is 32.1 Å². The summed E-state index contributed by atoms with van der Waals surface area (Å²) in [5.74, 6) is 0.137. The van der Waals surface area contributed by atoms with Gasteiger partial charge in [0.1, 0.15) is 11.9 Å². The topological polar surface area (TPSA) is 83.7 Å². The number of fused-ring (bicyclic) bond motifs is 1. The number of carbonyl (C=O) groups excluding carboxylic acids is 1. The van der Waals surface area contributed by atoms with E-state index in [2.05, 4.69) is 16.0 Å². The van der Waals surface area contributed by atoms with Crippen LogP contribution in [0.5, 0.6) is 0 Å². The van der Waals surface area contributed by atoms with E-state index in [1.165, 1.54) is 7.11 Å². The molecule has 4 rings (SSSR count). The number of esters is 1. The number of para-hydroxylation sites is 1. The van der Waals surface area contributed by atoms with Crippen molar-refractivity contribution in [2.24, 2.45) is 0 Å². The second-order valence-corrected chi connectivity index (χ2v) is 7.45. The minimum atomic E-state index is -0.393. The number of methoxy groups -OCH3 is 1. The molecule has 6 heteroatoms. The highest BCUT2D eigenvalue weighted by Crippen LogP contribution is 2.27. The van der Waals surface area contributed by atoms with E-state index in [-0.39, 0.29) is 0 Å². The number of aromatic amines is 1. The Bertz CT molecular complexity index is 1380. The van der Waals surface area contributed by atoms with Crippen molar-refractivity contribution >= 4 is 28.7 Å². The molecule has 6 nitrogen and oxygen atoms in total. The molecule has 0 unspecified atom stereocenters. The first-order chi connectivity index (χ1) is 14.9. The zero-order valence-corrected chi connectivity index (χ0v) is 17.9. The molecule has 0 aliphatic rings. The average molecular weight is 410 g/mol. The number of H-pyrrole nitrogens is 1. The van der Waals surface area contributed by atoms with Crippen LogP contribution in [0.2, 0.25) is 0 Å². The lowest BCUT2D eigenvalue weighted by Crippen LogP contribution is -2.09. The summed E-state index contributed by atoms with van der Waals surface area (Å²) in [6, 6.07) is 17.5. The summed E-state index contributed by atoms with van der Waals surface area (Å²) in [4.78, 5) is 20.1. The smallest absolute Gasteiger partial charge is 0.339 e. The highest BCUT2D eigenvalue weighted by atomic mass is 16.5. The Balaban J connectivity index is 1.82. The molecule has 154 valence electrons. The summed E-state index contributed by atoms with van der Waals surface area (Å²) in [7, 11) is 1.37. The maximum atomic E-state index is 12.3. The first-order valence-corrected chi connectivity index (χ1v) is 9.88. The van der Waals surface area contributed by atoms with Gasteiger partial charge in [-0.15, -0.1) is 0 Å². The minimum absolute atomic E-state index is 0.393. The summed E-state index contributed by atoms with van der Waals surface area (Å²) in [5.41, 5.74) is 7.23. The lowest BCUT2D eigenvalue weighted by molar-refractivity contribution is 0.0600. The average Bonchev–Trinajstić information content (AvgIpc) is 3.30. The Morgan fingerprint density at radius 1 is 1.16 bits per heavy atom. The van der Waals surface area contributed by atoms with Crippen molar-refractivity contribution in [1.29, 1.82) is 5.26 Å². The molecule has 2 heterocycles. The van der Waals surface area contributed by atoms with E-state index in [1.807, 2.05) is 73.9 Å². The maximum Gasteiger partial charge on any atom is 0.339 e. The molecule has 0 atom stereocenters. The van der Waals surface area contributed by atoms with Crippen LogP contribution in [0.4, 0.5) is 0 Å². The van der Waals surface area contributed by atoms with Gasteiger partial charge in [0.2, 0.25) is 0 Å². The van der Waals surface area contributed by atoms with Gasteiger partial charge in [0.15, 0.2) is 0 Å². The molecule has 4 aromatic rings. The van der Waals surface area contributed by atoms with Gasteiger partial charge in [-0.1, -0.05) is 18.2 Å². The number of aryl methyl sites for hydroxylation is 2. The van der Waals surface area contributed by atoms with Gasteiger partial charge >= 0.3 is 5.97 Å². The third kappa shape index (κ3) is 3.62. The number of ether oxygens (including phenoxy) is 1. The van der Waals surface area contributed by atoms with Crippen molar-refractivity contribution in [3.63, 3.8) is 0 Å². The Labute approximate surface area is 180 Å². The summed E-state index contributed by atoms with van der Waals surface area (Å²) >= 11 is 0. The molecular formula is C25H22N4O2. The first kappa shape index (κ1) is 20.2. The van der Waals surface area contributed by atoms with Crippen LogP contribution in [0.15, 0.2) is 48.5 Å². The van der Waals surface area contributed by atoms with Gasteiger partial charge in [-0.25, -0.2) is 9.78 Å². The largest absolute Gasteiger partial charge is 0.465 e. The molecule has 0 aliphatic heterocycles. The number of imidazole rings is 1. The van der Waals surface area contributed by atoms with Crippen molar-refractivity contribution < 1.29 is 9.53 Å². The van der Waals surface area contributed by atoms with Gasteiger partial charge in [-0.2, -0.15) is 5.26 Å². The zero-order chi connectivity index (χ0) is 22.1. The number of nitrogens with zero attached hydrogens (tertiary/aromatic N) is 3. The van der Waals surface area contributed by atoms with E-state index in [4.69, 9.17) is 4.74 Å². The maximum absolute atomic E-state index is 12.3. The molecule has 1 N–H and O–H groups in total. The third-order valence-electron chi connectivity index (χ3n) is 5.33. The second kappa shape index (κ2) is 7.96. The van der Waals surface area contributed by atoms with Crippen LogP contribution in [0.3, 0.4) is 0 Å². The Morgan fingerprint density at radius 3 is 2.68 bits per heavy atom. The fourth-order valence-electron chi connectivity index (χ4n) is 3.82. The van der Waals surface area contributed by atoms with Crippen LogP contribution in [0.25, 0.3) is 28.4 Å². The number of carbonyl (C=O) groups is 1. The molecule has 0 saturated heterocycles. The van der Waals surface area contributed by atoms with Gasteiger partial charge in [-0.05, 0) is 68.3 Å². The van der Waals surface area contributed by atoms with E-state index in [0.717, 1.165) is 39.2 Å². The van der Waals surface area contributed by atoms with E-state index in [1.54, 1.807) is 6.07 Å². The fraction of sp³-hybridized carbons (Fsp3) is 0.160. The highest BCUT2D eigenvalue weighted by Gasteiger charge is 2.18. The van der Waals surface area contributed by atoms with Crippen LogP contribution >= 0.6 is 0 Å². The molecule has 0 aliphatic carbocycles. The number of aromatic nitrogens is 3. The Morgan fingerprint density at radius 2 is 1.94 bits per heavy atom. The zero-order valence-electron chi connectivity index (χ0n) is 17.9. The molecule has 2 aromatic heterocycles. The number of hydrogen-bond acceptors (Lipinski definition) is 4. The number of benzene rings is 2. The number of nitriles is 1. The predicted molar refractivity (Wildman–Crippen MR) is 121 cm³/mol. The molecule has 0 radical (unpaired) electrons. The Kier molecular flexibility index (Phi) is 5.18. The van der Waals surface area contributed by atoms with Crippen LogP contribution in [-0.2, 0) is 4.74 Å². The molecular weight excluding hydrogens is 388 g/mol. The summed E-state index contributed by atoms with van der Waals surface area (Å²) in [6.45, 7) is 5.94. The Hall–Kier alpha value is -4.11. The summed E-state index contributed by atoms with van der Waals surface area (Å²) < 4.78 is 6.94. The second-order valence-electron chi connectivity index (χ2n) is 7.45. The van der Waals surface area contributed by atoms with Gasteiger partial charge in [-0.3, -0.25) is 0 Å². The monoisotopic (exact) mass is 410 g/mol. The van der Waals surface area contributed by atoms with Gasteiger partial charge in [0.25, 0.3) is 0 Å². The van der Waals surface area contributed by atoms with Gasteiger partial charge in [0.05, 0.1) is 35.0 Å². The van der Waals surface area contributed by atoms with Gasteiger partial charge < -0.3 is 14.3 Å². The molecule has 0 spiro atoms. The van der Waals surface area contributed by atoms with E-state index in [9.17, 15) is 10.1 Å². The van der Waals surface area contributed by atoms with Crippen LogP contribution in [0.1, 0.15) is 38.7 Å². The predicted octanol–water partition coefficient (Wildman–Crippen LogP) is 5.13. The lowest BCUT2D eigenvalue weighted by atomic mass is 10.1. The van der Waals surface area contributed by atoms with Crippen molar-refractivity contribution in [3.8, 4) is 11.8 Å².